The van der Waals surface area contributed by atoms with Crippen molar-refractivity contribution >= 4 is 12.1 Å². The minimum Gasteiger partial charge on any atom is -0.469 e. The fourth-order valence-corrected chi connectivity index (χ4v) is 2.57. The van der Waals surface area contributed by atoms with Gasteiger partial charge in [0.05, 0.1) is 7.11 Å². The molecule has 2 rings (SSSR count). The van der Waals surface area contributed by atoms with Gasteiger partial charge in [-0.3, -0.25) is 4.79 Å². The Kier molecular flexibility index (Phi) is 5.03. The van der Waals surface area contributed by atoms with Gasteiger partial charge in [0.25, 0.3) is 0 Å². The summed E-state index contributed by atoms with van der Waals surface area (Å²) in [6.07, 6.45) is -0.278. The minimum atomic E-state index is -0.939. The van der Waals surface area contributed by atoms with E-state index < -0.39 is 17.7 Å². The minimum absolute atomic E-state index is 0.387. The highest BCUT2D eigenvalue weighted by Gasteiger charge is 2.47. The van der Waals surface area contributed by atoms with Crippen molar-refractivity contribution in [3.8, 4) is 5.75 Å². The van der Waals surface area contributed by atoms with Crippen LogP contribution in [0, 0.1) is 5.92 Å². The van der Waals surface area contributed by atoms with Crippen LogP contribution in [-0.2, 0) is 14.3 Å². The lowest BCUT2D eigenvalue weighted by Gasteiger charge is -2.41. The number of methoxy groups -OCH3 is 1. The van der Waals surface area contributed by atoms with Crippen LogP contribution in [0.4, 0.5) is 4.79 Å². The Bertz CT molecular complexity index is 533. The molecule has 120 valence electrons. The molecule has 1 saturated heterocycles. The van der Waals surface area contributed by atoms with E-state index in [-0.39, 0.29) is 5.97 Å². The molecule has 6 heteroatoms. The monoisotopic (exact) mass is 307 g/mol. The van der Waals surface area contributed by atoms with Crippen molar-refractivity contribution in [1.82, 2.24) is 4.90 Å². The third kappa shape index (κ3) is 3.76. The number of carbonyl (C=O) groups is 2. The molecule has 0 aliphatic carbocycles. The van der Waals surface area contributed by atoms with Gasteiger partial charge in [-0.15, -0.1) is 0 Å². The van der Waals surface area contributed by atoms with Crippen molar-refractivity contribution in [3.63, 3.8) is 0 Å². The average molecular weight is 307 g/mol. The number of benzene rings is 1. The first-order chi connectivity index (χ1) is 10.4. The summed E-state index contributed by atoms with van der Waals surface area (Å²) in [5.41, 5.74) is -0.939. The van der Waals surface area contributed by atoms with Crippen molar-refractivity contribution in [2.24, 2.45) is 5.92 Å². The van der Waals surface area contributed by atoms with Crippen LogP contribution in [0.3, 0.4) is 0 Å². The number of rotatable bonds is 3. The maximum atomic E-state index is 12.0. The van der Waals surface area contributed by atoms with E-state index in [9.17, 15) is 9.59 Å². The zero-order valence-corrected chi connectivity index (χ0v) is 13.1. The lowest BCUT2D eigenvalue weighted by atomic mass is 9.82. The van der Waals surface area contributed by atoms with Gasteiger partial charge in [0.15, 0.2) is 0 Å². The standard InChI is InChI=1S/C16H21NO5/c1-16(9-10-17(2)11-13(16)14(18)20-3)22-15(19)21-12-7-5-4-6-8-12/h4-8,13H,9-11H2,1-3H3/t13-,16-/m1/s1. The number of piperidine rings is 1. The molecule has 1 aliphatic heterocycles. The number of para-hydroxylation sites is 1. The van der Waals surface area contributed by atoms with Gasteiger partial charge in [0, 0.05) is 19.5 Å². The third-order valence-electron chi connectivity index (χ3n) is 3.97. The van der Waals surface area contributed by atoms with Gasteiger partial charge in [0.1, 0.15) is 17.3 Å². The summed E-state index contributed by atoms with van der Waals surface area (Å²) in [4.78, 5) is 26.0. The zero-order valence-electron chi connectivity index (χ0n) is 13.1. The Morgan fingerprint density at radius 3 is 2.59 bits per heavy atom. The fraction of sp³-hybridized carbons (Fsp3) is 0.500. The van der Waals surface area contributed by atoms with Crippen LogP contribution in [0.15, 0.2) is 30.3 Å². The maximum Gasteiger partial charge on any atom is 0.514 e. The van der Waals surface area contributed by atoms with E-state index in [0.717, 1.165) is 6.54 Å². The van der Waals surface area contributed by atoms with Crippen LogP contribution in [0.25, 0.3) is 0 Å². The molecule has 0 N–H and O–H groups in total. The largest absolute Gasteiger partial charge is 0.514 e. The number of ether oxygens (including phenoxy) is 3. The lowest BCUT2D eigenvalue weighted by molar-refractivity contribution is -0.161. The summed E-state index contributed by atoms with van der Waals surface area (Å²) in [6, 6.07) is 8.67. The highest BCUT2D eigenvalue weighted by molar-refractivity contribution is 5.75. The molecule has 0 amide bonds. The highest BCUT2D eigenvalue weighted by Crippen LogP contribution is 2.32. The highest BCUT2D eigenvalue weighted by atomic mass is 16.7. The molecule has 0 spiro atoms. The van der Waals surface area contributed by atoms with E-state index in [0.29, 0.717) is 18.7 Å². The number of likely N-dealkylation sites (tertiary alicyclic amines) is 1. The fourth-order valence-electron chi connectivity index (χ4n) is 2.57. The SMILES string of the molecule is COC(=O)[C@H]1CN(C)CC[C@@]1(C)OC(=O)Oc1ccccc1. The van der Waals surface area contributed by atoms with Crippen LogP contribution in [0.2, 0.25) is 0 Å². The lowest BCUT2D eigenvalue weighted by Crippen LogP contribution is -2.54. The van der Waals surface area contributed by atoms with Crippen molar-refractivity contribution in [1.29, 1.82) is 0 Å². The second-order valence-corrected chi connectivity index (χ2v) is 5.67. The molecule has 1 heterocycles. The van der Waals surface area contributed by atoms with Gasteiger partial charge < -0.3 is 19.1 Å². The molecule has 0 unspecified atom stereocenters. The Hall–Kier alpha value is -2.08. The molecule has 1 aromatic rings. The van der Waals surface area contributed by atoms with Gasteiger partial charge in [-0.1, -0.05) is 18.2 Å². The number of carbonyl (C=O) groups excluding carboxylic acids is 2. The smallest absolute Gasteiger partial charge is 0.469 e. The predicted molar refractivity (Wildman–Crippen MR) is 79.6 cm³/mol. The van der Waals surface area contributed by atoms with E-state index >= 15 is 0 Å². The summed E-state index contributed by atoms with van der Waals surface area (Å²) in [5, 5.41) is 0. The first-order valence-corrected chi connectivity index (χ1v) is 7.17. The number of esters is 1. The molecule has 1 aliphatic rings. The Balaban J connectivity index is 2.07. The van der Waals surface area contributed by atoms with E-state index in [1.807, 2.05) is 18.0 Å². The van der Waals surface area contributed by atoms with Crippen molar-refractivity contribution in [2.45, 2.75) is 18.9 Å². The molecule has 1 aromatic carbocycles. The van der Waals surface area contributed by atoms with Crippen molar-refractivity contribution in [3.05, 3.63) is 30.3 Å². The normalized spacial score (nSPS) is 25.3. The van der Waals surface area contributed by atoms with Crippen LogP contribution in [0.1, 0.15) is 13.3 Å². The second kappa shape index (κ2) is 6.79. The van der Waals surface area contributed by atoms with Gasteiger partial charge in [-0.2, -0.15) is 0 Å². The van der Waals surface area contributed by atoms with Crippen LogP contribution in [0.5, 0.6) is 5.75 Å². The Labute approximate surface area is 129 Å². The van der Waals surface area contributed by atoms with Gasteiger partial charge >= 0.3 is 12.1 Å². The van der Waals surface area contributed by atoms with Crippen molar-refractivity contribution < 1.29 is 23.8 Å². The third-order valence-corrected chi connectivity index (χ3v) is 3.97. The Morgan fingerprint density at radius 2 is 1.95 bits per heavy atom. The van der Waals surface area contributed by atoms with Gasteiger partial charge in [-0.05, 0) is 26.1 Å². The molecule has 0 aromatic heterocycles. The van der Waals surface area contributed by atoms with E-state index in [2.05, 4.69) is 0 Å². The molecular weight excluding hydrogens is 286 g/mol. The summed E-state index contributed by atoms with van der Waals surface area (Å²) < 4.78 is 15.5. The van der Waals surface area contributed by atoms with Crippen LogP contribution in [-0.4, -0.2) is 49.9 Å². The summed E-state index contributed by atoms with van der Waals surface area (Å²) in [7, 11) is 3.25. The number of hydrogen-bond donors (Lipinski definition) is 0. The summed E-state index contributed by atoms with van der Waals surface area (Å²) in [5.74, 6) is -0.528. The molecular formula is C16H21NO5. The number of hydrogen-bond acceptors (Lipinski definition) is 6. The van der Waals surface area contributed by atoms with Gasteiger partial charge in [-0.25, -0.2) is 4.79 Å². The average Bonchev–Trinajstić information content (AvgIpc) is 2.50. The quantitative estimate of drug-likeness (QED) is 0.629. The molecule has 0 radical (unpaired) electrons. The molecule has 0 bridgehead atoms. The van der Waals surface area contributed by atoms with Crippen molar-refractivity contribution in [2.75, 3.05) is 27.2 Å². The van der Waals surface area contributed by atoms with E-state index in [1.165, 1.54) is 7.11 Å². The molecule has 1 fully saturated rings. The zero-order chi connectivity index (χ0) is 16.2. The molecule has 2 atom stereocenters. The molecule has 22 heavy (non-hydrogen) atoms. The second-order valence-electron chi connectivity index (χ2n) is 5.67. The topological polar surface area (TPSA) is 65.1 Å². The maximum absolute atomic E-state index is 12.0. The number of nitrogens with zero attached hydrogens (tertiary/aromatic N) is 1. The first-order valence-electron chi connectivity index (χ1n) is 7.17. The predicted octanol–water partition coefficient (Wildman–Crippen LogP) is 2.09. The molecule has 0 saturated carbocycles. The molecule has 6 nitrogen and oxygen atoms in total. The van der Waals surface area contributed by atoms with Crippen LogP contribution < -0.4 is 4.74 Å². The first kappa shape index (κ1) is 16.3. The van der Waals surface area contributed by atoms with Gasteiger partial charge in [0.2, 0.25) is 0 Å². The summed E-state index contributed by atoms with van der Waals surface area (Å²) in [6.45, 7) is 2.94. The van der Waals surface area contributed by atoms with Crippen LogP contribution >= 0.6 is 0 Å². The van der Waals surface area contributed by atoms with E-state index in [1.54, 1.807) is 31.2 Å². The van der Waals surface area contributed by atoms with E-state index in [4.69, 9.17) is 14.2 Å². The Morgan fingerprint density at radius 1 is 1.27 bits per heavy atom. The summed E-state index contributed by atoms with van der Waals surface area (Å²) >= 11 is 0.